The number of fused-ring (bicyclic) bond motifs is 9. The Kier molecular flexibility index (Phi) is 7.03. The molecule has 0 atom stereocenters. The van der Waals surface area contributed by atoms with E-state index in [2.05, 4.69) is 114 Å². The number of benzene rings is 8. The summed E-state index contributed by atoms with van der Waals surface area (Å²) in [5.41, 5.74) is 10.2. The van der Waals surface area contributed by atoms with Crippen molar-refractivity contribution >= 4 is 75.3 Å². The van der Waals surface area contributed by atoms with Crippen molar-refractivity contribution in [1.29, 1.82) is 0 Å². The minimum atomic E-state index is 0.600. The van der Waals surface area contributed by atoms with Crippen LogP contribution in [0, 0.1) is 0 Å². The van der Waals surface area contributed by atoms with Crippen molar-refractivity contribution in [2.24, 2.45) is 0 Å². The molecule has 4 aromatic heterocycles. The first-order valence-electron chi connectivity index (χ1n) is 19.0. The molecular weight excluding hydrogens is 717 g/mol. The van der Waals surface area contributed by atoms with Crippen LogP contribution in [0.2, 0.25) is 0 Å². The lowest BCUT2D eigenvalue weighted by Crippen LogP contribution is -2.00. The molecule has 266 valence electrons. The first-order chi connectivity index (χ1) is 28.3. The summed E-state index contributed by atoms with van der Waals surface area (Å²) < 4.78 is 11.5. The maximum Gasteiger partial charge on any atom is 0.164 e. The SMILES string of the molecule is c1ccc(-c2nc(-c3ccccc3)nc(-c3cccc4oc5ccc(-c6cccc7sc8cccc(-n9c%10ccccc%10c%10ccccc%109)c8c67)cc5c34)n2)cc1. The first kappa shape index (κ1) is 31.9. The Morgan fingerprint density at radius 3 is 1.67 bits per heavy atom. The quantitative estimate of drug-likeness (QED) is 0.176. The van der Waals surface area contributed by atoms with Crippen LogP contribution >= 0.6 is 11.3 Å². The lowest BCUT2D eigenvalue weighted by Gasteiger charge is -2.12. The number of aromatic nitrogens is 4. The second-order valence-corrected chi connectivity index (χ2v) is 15.4. The molecule has 4 heterocycles. The Morgan fingerprint density at radius 1 is 0.386 bits per heavy atom. The van der Waals surface area contributed by atoms with Crippen molar-refractivity contribution in [3.8, 4) is 51.0 Å². The van der Waals surface area contributed by atoms with Crippen LogP contribution in [0.4, 0.5) is 0 Å². The number of para-hydroxylation sites is 2. The molecule has 0 amide bonds. The Hall–Kier alpha value is -7.41. The van der Waals surface area contributed by atoms with Crippen LogP contribution in [0.25, 0.3) is 115 Å². The van der Waals surface area contributed by atoms with Crippen LogP contribution in [0.3, 0.4) is 0 Å². The average molecular weight is 747 g/mol. The van der Waals surface area contributed by atoms with E-state index >= 15 is 0 Å². The molecule has 0 saturated heterocycles. The van der Waals surface area contributed by atoms with Gasteiger partial charge in [-0.05, 0) is 59.7 Å². The standard InChI is InChI=1S/C51H30N4OS/c1-3-14-31(15-4-1)49-52-50(32-16-5-2-6-17-32)54-51(53-49)37-21-11-25-43-46(37)38-30-33(28-29-42(38)56-43)34-20-12-26-44-47(34)48-41(24-13-27-45(48)57-44)55-39-22-9-7-18-35(39)36-19-8-10-23-40(36)55/h1-30H. The third-order valence-electron chi connectivity index (χ3n) is 11.1. The molecular formula is C51H30N4OS. The summed E-state index contributed by atoms with van der Waals surface area (Å²) in [4.78, 5) is 15.1. The molecule has 0 fully saturated rings. The van der Waals surface area contributed by atoms with Gasteiger partial charge in [0.2, 0.25) is 0 Å². The van der Waals surface area contributed by atoms with Crippen molar-refractivity contribution < 1.29 is 4.42 Å². The minimum Gasteiger partial charge on any atom is -0.456 e. The topological polar surface area (TPSA) is 56.7 Å². The van der Waals surface area contributed by atoms with Crippen molar-refractivity contribution in [3.63, 3.8) is 0 Å². The highest BCUT2D eigenvalue weighted by Crippen LogP contribution is 2.46. The second kappa shape index (κ2) is 12.6. The monoisotopic (exact) mass is 746 g/mol. The molecule has 0 radical (unpaired) electrons. The predicted molar refractivity (Wildman–Crippen MR) is 236 cm³/mol. The summed E-state index contributed by atoms with van der Waals surface area (Å²) in [7, 11) is 0. The van der Waals surface area contributed by atoms with Gasteiger partial charge in [-0.3, -0.25) is 0 Å². The Balaban J connectivity index is 1.09. The van der Waals surface area contributed by atoms with Gasteiger partial charge in [-0.2, -0.15) is 0 Å². The largest absolute Gasteiger partial charge is 0.456 e. The first-order valence-corrected chi connectivity index (χ1v) is 19.8. The van der Waals surface area contributed by atoms with E-state index in [9.17, 15) is 0 Å². The van der Waals surface area contributed by atoms with Crippen LogP contribution in [0.15, 0.2) is 186 Å². The zero-order valence-electron chi connectivity index (χ0n) is 30.4. The fourth-order valence-electron chi connectivity index (χ4n) is 8.57. The molecule has 0 bridgehead atoms. The van der Waals surface area contributed by atoms with Gasteiger partial charge >= 0.3 is 0 Å². The van der Waals surface area contributed by atoms with Crippen LogP contribution < -0.4 is 0 Å². The highest BCUT2D eigenvalue weighted by Gasteiger charge is 2.21. The fraction of sp³-hybridized carbons (Fsp3) is 0. The summed E-state index contributed by atoms with van der Waals surface area (Å²) in [5, 5.41) is 7.00. The third-order valence-corrected chi connectivity index (χ3v) is 12.2. The normalized spacial score (nSPS) is 11.9. The van der Waals surface area contributed by atoms with E-state index in [1.807, 2.05) is 84.1 Å². The van der Waals surface area contributed by atoms with E-state index in [4.69, 9.17) is 19.4 Å². The average Bonchev–Trinajstić information content (AvgIpc) is 3.96. The van der Waals surface area contributed by atoms with Gasteiger partial charge in [-0.1, -0.05) is 133 Å². The molecule has 0 aliphatic rings. The van der Waals surface area contributed by atoms with Gasteiger partial charge < -0.3 is 8.98 Å². The molecule has 57 heavy (non-hydrogen) atoms. The van der Waals surface area contributed by atoms with Crippen LogP contribution in [-0.2, 0) is 0 Å². The molecule has 12 rings (SSSR count). The number of hydrogen-bond acceptors (Lipinski definition) is 5. The Bertz CT molecular complexity index is 3420. The molecule has 0 aliphatic heterocycles. The van der Waals surface area contributed by atoms with E-state index in [0.717, 1.165) is 44.2 Å². The van der Waals surface area contributed by atoms with E-state index in [1.54, 1.807) is 0 Å². The molecule has 0 N–H and O–H groups in total. The zero-order chi connectivity index (χ0) is 37.5. The van der Waals surface area contributed by atoms with E-state index in [-0.39, 0.29) is 0 Å². The van der Waals surface area contributed by atoms with Crippen molar-refractivity contribution in [2.45, 2.75) is 0 Å². The molecule has 5 nitrogen and oxygen atoms in total. The molecule has 0 unspecified atom stereocenters. The maximum absolute atomic E-state index is 6.56. The molecule has 0 saturated carbocycles. The lowest BCUT2D eigenvalue weighted by molar-refractivity contribution is 0.669. The van der Waals surface area contributed by atoms with Crippen molar-refractivity contribution in [3.05, 3.63) is 182 Å². The summed E-state index contributed by atoms with van der Waals surface area (Å²) >= 11 is 1.84. The molecule has 8 aromatic carbocycles. The maximum atomic E-state index is 6.56. The summed E-state index contributed by atoms with van der Waals surface area (Å²) in [5.74, 6) is 1.85. The molecule has 6 heteroatoms. The number of nitrogens with zero attached hydrogens (tertiary/aromatic N) is 4. The van der Waals surface area contributed by atoms with E-state index in [1.165, 1.54) is 53.2 Å². The number of hydrogen-bond donors (Lipinski definition) is 0. The lowest BCUT2D eigenvalue weighted by atomic mass is 9.96. The summed E-state index contributed by atoms with van der Waals surface area (Å²) in [6.45, 7) is 0. The van der Waals surface area contributed by atoms with Gasteiger partial charge in [-0.15, -0.1) is 11.3 Å². The number of rotatable bonds is 5. The Labute approximate surface area is 330 Å². The molecule has 0 spiro atoms. The highest BCUT2D eigenvalue weighted by molar-refractivity contribution is 7.26. The van der Waals surface area contributed by atoms with Gasteiger partial charge in [-0.25, -0.2) is 15.0 Å². The third kappa shape index (κ3) is 4.98. The smallest absolute Gasteiger partial charge is 0.164 e. The highest BCUT2D eigenvalue weighted by atomic mass is 32.1. The number of furan rings is 1. The van der Waals surface area contributed by atoms with E-state index in [0.29, 0.717) is 17.5 Å². The van der Waals surface area contributed by atoms with Crippen molar-refractivity contribution in [1.82, 2.24) is 19.5 Å². The number of thiophene rings is 1. The van der Waals surface area contributed by atoms with Crippen LogP contribution in [0.1, 0.15) is 0 Å². The fourth-order valence-corrected chi connectivity index (χ4v) is 9.72. The predicted octanol–water partition coefficient (Wildman–Crippen LogP) is 13.9. The Morgan fingerprint density at radius 2 is 0.965 bits per heavy atom. The zero-order valence-corrected chi connectivity index (χ0v) is 31.2. The summed E-state index contributed by atoms with van der Waals surface area (Å²) in [6, 6.07) is 63.8. The molecule has 12 aromatic rings. The van der Waals surface area contributed by atoms with Gasteiger partial charge in [0.1, 0.15) is 11.2 Å². The van der Waals surface area contributed by atoms with Crippen LogP contribution in [0.5, 0.6) is 0 Å². The van der Waals surface area contributed by atoms with E-state index < -0.39 is 0 Å². The van der Waals surface area contributed by atoms with Crippen molar-refractivity contribution in [2.75, 3.05) is 0 Å². The summed E-state index contributed by atoms with van der Waals surface area (Å²) in [6.07, 6.45) is 0. The molecule has 0 aliphatic carbocycles. The van der Waals surface area contributed by atoms with Gasteiger partial charge in [0.05, 0.1) is 16.7 Å². The minimum absolute atomic E-state index is 0.600. The van der Waals surface area contributed by atoms with Gasteiger partial charge in [0, 0.05) is 58.4 Å². The van der Waals surface area contributed by atoms with Crippen LogP contribution in [-0.4, -0.2) is 19.5 Å². The second-order valence-electron chi connectivity index (χ2n) is 14.3. The van der Waals surface area contributed by atoms with Gasteiger partial charge in [0.15, 0.2) is 17.5 Å². The van der Waals surface area contributed by atoms with Gasteiger partial charge in [0.25, 0.3) is 0 Å².